The van der Waals surface area contributed by atoms with E-state index in [1.165, 1.54) is 11.1 Å². The average molecular weight is 404 g/mol. The quantitative estimate of drug-likeness (QED) is 0.499. The lowest BCUT2D eigenvalue weighted by Crippen LogP contribution is -2.46. The van der Waals surface area contributed by atoms with Crippen LogP contribution in [0.25, 0.3) is 0 Å². The number of ether oxygens (including phenoxy) is 2. The summed E-state index contributed by atoms with van der Waals surface area (Å²) in [5, 5.41) is 4.41. The molecule has 0 N–H and O–H groups in total. The van der Waals surface area contributed by atoms with Crippen LogP contribution in [0.15, 0.2) is 31.1 Å². The zero-order valence-electron chi connectivity index (χ0n) is 16.9. The Morgan fingerprint density at radius 2 is 1.75 bits per heavy atom. The first-order valence-electron chi connectivity index (χ1n) is 9.45. The minimum Gasteiger partial charge on any atom is -0.493 e. The molecule has 0 amide bonds. The standard InChI is InChI=1S/C20H29N5O2S/c1-5-6-24-14-21-25(20(24)28)15-23-9-7-22(8-10-23)13-17-12-19(27-4)18(26-3)11-16(17)2/h5,11-12,14H,1,6-10,13,15H2,2-4H3. The van der Waals surface area contributed by atoms with E-state index in [0.29, 0.717) is 6.54 Å². The predicted molar refractivity (Wildman–Crippen MR) is 112 cm³/mol. The van der Waals surface area contributed by atoms with Crippen molar-refractivity contribution in [2.75, 3.05) is 40.4 Å². The van der Waals surface area contributed by atoms with Gasteiger partial charge in [0.05, 0.1) is 20.9 Å². The number of rotatable bonds is 8. The van der Waals surface area contributed by atoms with Crippen LogP contribution in [0, 0.1) is 11.7 Å². The molecular formula is C20H29N5O2S. The first kappa shape index (κ1) is 20.6. The van der Waals surface area contributed by atoms with Gasteiger partial charge in [0, 0.05) is 39.3 Å². The van der Waals surface area contributed by atoms with Gasteiger partial charge in [-0.3, -0.25) is 9.80 Å². The van der Waals surface area contributed by atoms with Gasteiger partial charge in [0.1, 0.15) is 6.33 Å². The van der Waals surface area contributed by atoms with E-state index in [9.17, 15) is 0 Å². The third kappa shape index (κ3) is 4.63. The number of hydrogen-bond donors (Lipinski definition) is 0. The number of hydrogen-bond acceptors (Lipinski definition) is 6. The van der Waals surface area contributed by atoms with Crippen LogP contribution < -0.4 is 9.47 Å². The van der Waals surface area contributed by atoms with Crippen molar-refractivity contribution in [3.8, 4) is 11.5 Å². The Balaban J connectivity index is 1.57. The molecule has 7 nitrogen and oxygen atoms in total. The van der Waals surface area contributed by atoms with Crippen molar-refractivity contribution in [1.82, 2.24) is 24.1 Å². The van der Waals surface area contributed by atoms with Crippen molar-refractivity contribution in [2.45, 2.75) is 26.7 Å². The fraction of sp³-hybridized carbons (Fsp3) is 0.500. The Morgan fingerprint density at radius 3 is 2.39 bits per heavy atom. The highest BCUT2D eigenvalue weighted by atomic mass is 32.1. The second-order valence-electron chi connectivity index (χ2n) is 7.02. The highest BCUT2D eigenvalue weighted by molar-refractivity contribution is 7.71. The van der Waals surface area contributed by atoms with E-state index in [2.05, 4.69) is 34.5 Å². The number of methoxy groups -OCH3 is 2. The van der Waals surface area contributed by atoms with Gasteiger partial charge in [-0.1, -0.05) is 6.08 Å². The highest BCUT2D eigenvalue weighted by Gasteiger charge is 2.19. The molecule has 2 aromatic rings. The van der Waals surface area contributed by atoms with Gasteiger partial charge in [-0.2, -0.15) is 5.10 Å². The van der Waals surface area contributed by atoms with Crippen molar-refractivity contribution in [1.29, 1.82) is 0 Å². The van der Waals surface area contributed by atoms with Gasteiger partial charge in [0.2, 0.25) is 0 Å². The molecule has 0 saturated carbocycles. The van der Waals surface area contributed by atoms with E-state index < -0.39 is 0 Å². The van der Waals surface area contributed by atoms with Gasteiger partial charge in [-0.05, 0) is 42.4 Å². The number of aromatic nitrogens is 3. The Labute approximate surface area is 171 Å². The molecule has 1 aliphatic rings. The number of nitrogens with zero attached hydrogens (tertiary/aromatic N) is 5. The van der Waals surface area contributed by atoms with Crippen molar-refractivity contribution in [3.05, 3.63) is 47.0 Å². The Bertz CT molecular complexity index is 868. The van der Waals surface area contributed by atoms with E-state index in [-0.39, 0.29) is 0 Å². The third-order valence-corrected chi connectivity index (χ3v) is 5.60. The molecule has 1 aromatic heterocycles. The normalized spacial score (nSPS) is 15.5. The zero-order valence-corrected chi connectivity index (χ0v) is 17.7. The Hall–Kier alpha value is -2.16. The van der Waals surface area contributed by atoms with E-state index in [1.54, 1.807) is 20.5 Å². The van der Waals surface area contributed by atoms with E-state index in [1.807, 2.05) is 21.4 Å². The number of piperazine rings is 1. The third-order valence-electron chi connectivity index (χ3n) is 5.16. The predicted octanol–water partition coefficient (Wildman–Crippen LogP) is 2.70. The van der Waals surface area contributed by atoms with Gasteiger partial charge >= 0.3 is 0 Å². The largest absolute Gasteiger partial charge is 0.493 e. The van der Waals surface area contributed by atoms with Crippen LogP contribution in [0.5, 0.6) is 11.5 Å². The van der Waals surface area contributed by atoms with Crippen molar-refractivity contribution in [3.63, 3.8) is 0 Å². The smallest absolute Gasteiger partial charge is 0.199 e. The molecule has 28 heavy (non-hydrogen) atoms. The van der Waals surface area contributed by atoms with Gasteiger partial charge in [-0.25, -0.2) is 4.68 Å². The second-order valence-corrected chi connectivity index (χ2v) is 7.39. The second kappa shape index (κ2) is 9.36. The molecule has 0 radical (unpaired) electrons. The molecule has 8 heteroatoms. The first-order valence-corrected chi connectivity index (χ1v) is 9.86. The monoisotopic (exact) mass is 403 g/mol. The van der Waals surface area contributed by atoms with Crippen molar-refractivity contribution in [2.24, 2.45) is 0 Å². The van der Waals surface area contributed by atoms with Crippen LogP contribution in [0.4, 0.5) is 0 Å². The molecule has 0 unspecified atom stereocenters. The molecule has 1 aromatic carbocycles. The Kier molecular flexibility index (Phi) is 6.88. The molecule has 0 aliphatic carbocycles. The SMILES string of the molecule is C=CCn1cnn(CN2CCN(Cc3cc(OC)c(OC)cc3C)CC2)c1=S. The number of benzene rings is 1. The molecule has 1 fully saturated rings. The van der Waals surface area contributed by atoms with Crippen LogP contribution in [-0.4, -0.2) is 64.5 Å². The van der Waals surface area contributed by atoms with E-state index >= 15 is 0 Å². The zero-order chi connectivity index (χ0) is 20.1. The van der Waals surface area contributed by atoms with E-state index in [0.717, 1.165) is 55.7 Å². The summed E-state index contributed by atoms with van der Waals surface area (Å²) >= 11 is 5.48. The molecule has 152 valence electrons. The molecule has 2 heterocycles. The summed E-state index contributed by atoms with van der Waals surface area (Å²) in [5.74, 6) is 1.56. The fourth-order valence-electron chi connectivity index (χ4n) is 3.45. The van der Waals surface area contributed by atoms with Crippen molar-refractivity contribution < 1.29 is 9.47 Å². The molecular weight excluding hydrogens is 374 g/mol. The lowest BCUT2D eigenvalue weighted by molar-refractivity contribution is 0.0978. The topological polar surface area (TPSA) is 47.7 Å². The molecule has 3 rings (SSSR count). The lowest BCUT2D eigenvalue weighted by Gasteiger charge is -2.34. The lowest BCUT2D eigenvalue weighted by atomic mass is 10.1. The summed E-state index contributed by atoms with van der Waals surface area (Å²) in [4.78, 5) is 4.86. The maximum absolute atomic E-state index is 5.48. The minimum absolute atomic E-state index is 0.692. The summed E-state index contributed by atoms with van der Waals surface area (Å²) in [6, 6.07) is 4.14. The van der Waals surface area contributed by atoms with Gasteiger partial charge < -0.3 is 14.0 Å². The maximum Gasteiger partial charge on any atom is 0.199 e. The first-order chi connectivity index (χ1) is 13.5. The summed E-state index contributed by atoms with van der Waals surface area (Å²) in [6.45, 7) is 12.2. The Morgan fingerprint density at radius 1 is 1.11 bits per heavy atom. The molecule has 0 bridgehead atoms. The molecule has 1 aliphatic heterocycles. The van der Waals surface area contributed by atoms with E-state index in [4.69, 9.17) is 21.7 Å². The summed E-state index contributed by atoms with van der Waals surface area (Å²) in [5.41, 5.74) is 2.50. The van der Waals surface area contributed by atoms with Crippen LogP contribution in [0.3, 0.4) is 0 Å². The van der Waals surface area contributed by atoms with Gasteiger partial charge in [0.15, 0.2) is 16.3 Å². The van der Waals surface area contributed by atoms with Crippen LogP contribution in [-0.2, 0) is 19.8 Å². The van der Waals surface area contributed by atoms with Crippen LogP contribution in [0.1, 0.15) is 11.1 Å². The van der Waals surface area contributed by atoms with Gasteiger partial charge in [-0.15, -0.1) is 6.58 Å². The molecule has 1 saturated heterocycles. The maximum atomic E-state index is 5.48. The summed E-state index contributed by atoms with van der Waals surface area (Å²) in [6.07, 6.45) is 3.61. The summed E-state index contributed by atoms with van der Waals surface area (Å²) in [7, 11) is 3.35. The molecule has 0 atom stereocenters. The van der Waals surface area contributed by atoms with Crippen LogP contribution in [0.2, 0.25) is 0 Å². The number of aryl methyl sites for hydroxylation is 1. The highest BCUT2D eigenvalue weighted by Crippen LogP contribution is 2.31. The minimum atomic E-state index is 0.692. The fourth-order valence-corrected chi connectivity index (χ4v) is 3.67. The summed E-state index contributed by atoms with van der Waals surface area (Å²) < 4.78 is 15.4. The van der Waals surface area contributed by atoms with Crippen molar-refractivity contribution >= 4 is 12.2 Å². The number of allylic oxidation sites excluding steroid dienone is 1. The molecule has 0 spiro atoms. The van der Waals surface area contributed by atoms with Gasteiger partial charge in [0.25, 0.3) is 0 Å². The van der Waals surface area contributed by atoms with Crippen LogP contribution >= 0.6 is 12.2 Å². The average Bonchev–Trinajstić information content (AvgIpc) is 3.04.